The van der Waals surface area contributed by atoms with Crippen LogP contribution in [0, 0.1) is 11.3 Å². The van der Waals surface area contributed by atoms with E-state index in [9.17, 15) is 31.6 Å². The van der Waals surface area contributed by atoms with E-state index in [0.717, 1.165) is 12.1 Å². The number of nitrogens with two attached hydrogens (primary N) is 1. The molecule has 164 valence electrons. The topological polar surface area (TPSA) is 150 Å². The highest BCUT2D eigenvalue weighted by Gasteiger charge is 2.41. The summed E-state index contributed by atoms with van der Waals surface area (Å²) in [5, 5.41) is 15.8. The Kier molecular flexibility index (Phi) is 6.17. The Labute approximate surface area is 180 Å². The zero-order valence-corrected chi connectivity index (χ0v) is 17.5. The molecule has 0 radical (unpaired) electrons. The van der Waals surface area contributed by atoms with E-state index in [2.05, 4.69) is 5.32 Å². The van der Waals surface area contributed by atoms with Crippen molar-refractivity contribution in [2.75, 3.05) is 11.9 Å². The molecule has 1 aromatic carbocycles. The molecule has 0 bridgehead atoms. The van der Waals surface area contributed by atoms with Crippen LogP contribution in [-0.4, -0.2) is 42.8 Å². The summed E-state index contributed by atoms with van der Waals surface area (Å²) in [7, 11) is -4.14. The molecule has 3 rings (SSSR count). The van der Waals surface area contributed by atoms with Gasteiger partial charge in [-0.3, -0.25) is 19.3 Å². The molecule has 0 spiro atoms. The number of thioether (sulfide) groups is 1. The molecule has 1 aromatic rings. The summed E-state index contributed by atoms with van der Waals surface area (Å²) in [5.41, 5.74) is 0.258. The quantitative estimate of drug-likeness (QED) is 0.641. The predicted octanol–water partition coefficient (Wildman–Crippen LogP) is 2.30. The highest BCUT2D eigenvalue weighted by molar-refractivity contribution is 8.18. The molecular weight excluding hydrogens is 454 g/mol. The molecule has 1 aliphatic heterocycles. The maximum atomic E-state index is 13.3. The highest BCUT2D eigenvalue weighted by Crippen LogP contribution is 2.42. The third kappa shape index (κ3) is 5.09. The normalized spacial score (nSPS) is 18.8. The Morgan fingerprint density at radius 1 is 1.29 bits per heavy atom. The Morgan fingerprint density at radius 2 is 1.94 bits per heavy atom. The lowest BCUT2D eigenvalue weighted by atomic mass is 9.91. The van der Waals surface area contributed by atoms with E-state index in [0.29, 0.717) is 22.2 Å². The van der Waals surface area contributed by atoms with Gasteiger partial charge in [0.25, 0.3) is 11.1 Å². The van der Waals surface area contributed by atoms with Gasteiger partial charge in [-0.1, -0.05) is 5.57 Å². The SMILES string of the molecule is N#Cc1cc(NC(=O)CN2C(=O)SC(=C3CCC(F)(F)CC3)C2=O)ccc1S(N)(=O)=O. The second-order valence-corrected chi connectivity index (χ2v) is 9.46. The van der Waals surface area contributed by atoms with Gasteiger partial charge in [-0.05, 0) is 42.8 Å². The van der Waals surface area contributed by atoms with Crippen molar-refractivity contribution in [3.63, 3.8) is 0 Å². The maximum absolute atomic E-state index is 13.3. The minimum absolute atomic E-state index is 0.00171. The fourth-order valence-electron chi connectivity index (χ4n) is 3.18. The van der Waals surface area contributed by atoms with E-state index in [1.54, 1.807) is 6.07 Å². The Hall–Kier alpha value is -2.82. The van der Waals surface area contributed by atoms with Gasteiger partial charge < -0.3 is 5.32 Å². The first-order valence-corrected chi connectivity index (χ1v) is 11.3. The van der Waals surface area contributed by atoms with Crippen molar-refractivity contribution in [1.29, 1.82) is 5.26 Å². The van der Waals surface area contributed by atoms with Crippen LogP contribution in [0.15, 0.2) is 33.6 Å². The van der Waals surface area contributed by atoms with Gasteiger partial charge in [0.05, 0.1) is 15.4 Å². The van der Waals surface area contributed by atoms with Crippen molar-refractivity contribution in [1.82, 2.24) is 4.90 Å². The largest absolute Gasteiger partial charge is 0.324 e. The van der Waals surface area contributed by atoms with Crippen LogP contribution >= 0.6 is 11.8 Å². The summed E-state index contributed by atoms with van der Waals surface area (Å²) in [6.45, 7) is -0.629. The number of hydrogen-bond acceptors (Lipinski definition) is 7. The molecule has 9 nitrogen and oxygen atoms in total. The number of anilines is 1. The third-order valence-electron chi connectivity index (χ3n) is 4.75. The highest BCUT2D eigenvalue weighted by atomic mass is 32.2. The fraction of sp³-hybridized carbons (Fsp3) is 0.333. The molecule has 3 amide bonds. The van der Waals surface area contributed by atoms with Crippen molar-refractivity contribution in [3.8, 4) is 6.07 Å². The molecule has 1 saturated heterocycles. The smallest absolute Gasteiger partial charge is 0.294 e. The number of benzene rings is 1. The molecule has 1 heterocycles. The minimum atomic E-state index is -4.14. The van der Waals surface area contributed by atoms with E-state index in [-0.39, 0.29) is 29.0 Å². The van der Waals surface area contributed by atoms with Gasteiger partial charge in [0.15, 0.2) is 0 Å². The number of carbonyl (C=O) groups excluding carboxylic acids is 3. The Bertz CT molecular complexity index is 1150. The van der Waals surface area contributed by atoms with E-state index in [4.69, 9.17) is 10.4 Å². The second-order valence-electron chi connectivity index (χ2n) is 6.96. The van der Waals surface area contributed by atoms with Gasteiger partial charge in [-0.15, -0.1) is 0 Å². The summed E-state index contributed by atoms with van der Waals surface area (Å²) in [6.07, 6.45) is -0.794. The summed E-state index contributed by atoms with van der Waals surface area (Å²) < 4.78 is 49.6. The number of primary sulfonamides is 1. The second kappa shape index (κ2) is 8.37. The van der Waals surface area contributed by atoms with E-state index in [1.165, 1.54) is 6.07 Å². The lowest BCUT2D eigenvalue weighted by Crippen LogP contribution is -2.36. The third-order valence-corrected chi connectivity index (χ3v) is 6.78. The Morgan fingerprint density at radius 3 is 2.52 bits per heavy atom. The monoisotopic (exact) mass is 470 g/mol. The van der Waals surface area contributed by atoms with Crippen LogP contribution in [0.2, 0.25) is 0 Å². The molecule has 1 saturated carbocycles. The first-order valence-electron chi connectivity index (χ1n) is 8.91. The summed E-state index contributed by atoms with van der Waals surface area (Å²) in [5.74, 6) is -4.27. The van der Waals surface area contributed by atoms with Gasteiger partial charge in [-0.2, -0.15) is 5.26 Å². The number of amides is 3. The summed E-state index contributed by atoms with van der Waals surface area (Å²) >= 11 is 0.616. The van der Waals surface area contributed by atoms with E-state index >= 15 is 0 Å². The first-order chi connectivity index (χ1) is 14.4. The van der Waals surface area contributed by atoms with Crippen LogP contribution in [-0.2, 0) is 19.6 Å². The van der Waals surface area contributed by atoms with Crippen LogP contribution < -0.4 is 10.5 Å². The fourth-order valence-corrected chi connectivity index (χ4v) is 4.83. The summed E-state index contributed by atoms with van der Waals surface area (Å²) in [4.78, 5) is 37.4. The first kappa shape index (κ1) is 22.9. The van der Waals surface area contributed by atoms with Gasteiger partial charge in [0.2, 0.25) is 21.9 Å². The number of nitriles is 1. The molecule has 3 N–H and O–H groups in total. The number of nitrogens with zero attached hydrogens (tertiary/aromatic N) is 2. The number of nitrogens with one attached hydrogen (secondary N) is 1. The van der Waals surface area contributed by atoms with Crippen LogP contribution in [0.3, 0.4) is 0 Å². The van der Waals surface area contributed by atoms with Crippen molar-refractivity contribution in [3.05, 3.63) is 34.2 Å². The van der Waals surface area contributed by atoms with Gasteiger partial charge in [0.1, 0.15) is 12.6 Å². The lowest BCUT2D eigenvalue weighted by Gasteiger charge is -2.24. The molecule has 2 fully saturated rings. The number of rotatable bonds is 4. The molecule has 0 aromatic heterocycles. The van der Waals surface area contributed by atoms with Crippen molar-refractivity contribution >= 4 is 44.5 Å². The number of imide groups is 1. The molecule has 31 heavy (non-hydrogen) atoms. The zero-order valence-electron chi connectivity index (χ0n) is 15.9. The van der Waals surface area contributed by atoms with Gasteiger partial charge >= 0.3 is 0 Å². The van der Waals surface area contributed by atoms with Crippen molar-refractivity contribution in [2.45, 2.75) is 36.5 Å². The number of carbonyl (C=O) groups is 3. The van der Waals surface area contributed by atoms with Crippen molar-refractivity contribution in [2.24, 2.45) is 5.14 Å². The molecule has 0 atom stereocenters. The predicted molar refractivity (Wildman–Crippen MR) is 106 cm³/mol. The molecule has 1 aliphatic carbocycles. The number of allylic oxidation sites excluding steroid dienone is 1. The lowest BCUT2D eigenvalue weighted by molar-refractivity contribution is -0.127. The van der Waals surface area contributed by atoms with Gasteiger partial charge in [0, 0.05) is 18.5 Å². The van der Waals surface area contributed by atoms with Crippen LogP contribution in [0.5, 0.6) is 0 Å². The average Bonchev–Trinajstić information content (AvgIpc) is 2.95. The molecule has 2 aliphatic rings. The van der Waals surface area contributed by atoms with Crippen molar-refractivity contribution < 1.29 is 31.6 Å². The molecule has 0 unspecified atom stereocenters. The molecular formula is C18H16F2N4O5S2. The van der Waals surface area contributed by atoms with E-state index in [1.807, 2.05) is 0 Å². The number of hydrogen-bond donors (Lipinski definition) is 2. The average molecular weight is 470 g/mol. The van der Waals surface area contributed by atoms with Crippen LogP contribution in [0.1, 0.15) is 31.2 Å². The molecule has 13 heteroatoms. The van der Waals surface area contributed by atoms with Gasteiger partial charge in [-0.25, -0.2) is 22.3 Å². The summed E-state index contributed by atoms with van der Waals surface area (Å²) in [6, 6.07) is 5.01. The maximum Gasteiger partial charge on any atom is 0.294 e. The minimum Gasteiger partial charge on any atom is -0.324 e. The van der Waals surface area contributed by atoms with E-state index < -0.39 is 57.3 Å². The van der Waals surface area contributed by atoms with Crippen LogP contribution in [0.4, 0.5) is 19.3 Å². The Balaban J connectivity index is 1.71. The van der Waals surface area contributed by atoms with Crippen LogP contribution in [0.25, 0.3) is 0 Å². The number of sulfonamides is 1. The zero-order chi connectivity index (χ0) is 23.0. The standard InChI is InChI=1S/C18H16F2N4O5S2/c19-18(20)5-3-10(4-6-18)15-16(26)24(17(27)30-15)9-14(25)23-12-1-2-13(31(22,28)29)11(7-12)8-21/h1-2,7H,3-6,9H2,(H,23,25)(H2,22,28,29). The number of alkyl halides is 2. The number of halogens is 2.